The molecule has 8 heteroatoms. The zero-order valence-corrected chi connectivity index (χ0v) is 16.1. The number of hydrogen-bond donors (Lipinski definition) is 1. The van der Waals surface area contributed by atoms with Gasteiger partial charge in [0.2, 0.25) is 0 Å². The molecular weight excluding hydrogens is 377 g/mol. The van der Waals surface area contributed by atoms with Crippen molar-refractivity contribution in [2.75, 3.05) is 27.4 Å². The monoisotopic (exact) mass is 397 g/mol. The van der Waals surface area contributed by atoms with Gasteiger partial charge in [-0.2, -0.15) is 5.10 Å². The number of aromatic nitrogens is 2. The maximum absolute atomic E-state index is 13.9. The van der Waals surface area contributed by atoms with Gasteiger partial charge < -0.3 is 19.1 Å². The maximum atomic E-state index is 13.9. The number of fused-ring (bicyclic) bond motifs is 1. The van der Waals surface area contributed by atoms with Crippen LogP contribution in [0, 0.1) is 5.82 Å². The molecule has 0 bridgehead atoms. The largest absolute Gasteiger partial charge is 0.494 e. The molecular formula is C21H20FN3O4. The van der Waals surface area contributed by atoms with Gasteiger partial charge in [0, 0.05) is 19.2 Å². The number of carbonyl (C=O) groups excluding carboxylic acids is 1. The van der Waals surface area contributed by atoms with Gasteiger partial charge in [0.25, 0.3) is 5.91 Å². The average Bonchev–Trinajstić information content (AvgIpc) is 3.23. The standard InChI is InChI=1S/C21H20FN3O4/c1-25(12-13-3-5-17(27-2)16(22)9-13)21(26)15-11-23-24-20(15)14-4-6-18-19(10-14)29-8-7-28-18/h3-6,9-11H,7-8,12H2,1-2H3,(H,23,24). The Labute approximate surface area is 167 Å². The molecule has 3 aromatic rings. The molecule has 0 fully saturated rings. The molecule has 0 spiro atoms. The number of rotatable bonds is 5. The van der Waals surface area contributed by atoms with Gasteiger partial charge in [0.1, 0.15) is 13.2 Å². The Morgan fingerprint density at radius 1 is 1.21 bits per heavy atom. The van der Waals surface area contributed by atoms with E-state index in [2.05, 4.69) is 10.2 Å². The Morgan fingerprint density at radius 3 is 2.76 bits per heavy atom. The normalized spacial score (nSPS) is 12.5. The van der Waals surface area contributed by atoms with Gasteiger partial charge in [-0.05, 0) is 35.9 Å². The molecule has 2 aromatic carbocycles. The fraction of sp³-hybridized carbons (Fsp3) is 0.238. The second kappa shape index (κ2) is 7.83. The lowest BCUT2D eigenvalue weighted by molar-refractivity contribution is 0.0785. The Morgan fingerprint density at radius 2 is 2.00 bits per heavy atom. The van der Waals surface area contributed by atoms with Gasteiger partial charge >= 0.3 is 0 Å². The summed E-state index contributed by atoms with van der Waals surface area (Å²) in [5.74, 6) is 0.763. The van der Waals surface area contributed by atoms with E-state index in [-0.39, 0.29) is 18.2 Å². The number of halogens is 1. The molecule has 1 aromatic heterocycles. The number of nitrogens with zero attached hydrogens (tertiary/aromatic N) is 2. The number of H-pyrrole nitrogens is 1. The summed E-state index contributed by atoms with van der Waals surface area (Å²) in [5, 5.41) is 6.92. The third-order valence-corrected chi connectivity index (χ3v) is 4.68. The van der Waals surface area contributed by atoms with E-state index in [9.17, 15) is 9.18 Å². The number of nitrogens with one attached hydrogen (secondary N) is 1. The van der Waals surface area contributed by atoms with Crippen LogP contribution in [0.25, 0.3) is 11.3 Å². The lowest BCUT2D eigenvalue weighted by atomic mass is 10.1. The second-order valence-corrected chi connectivity index (χ2v) is 6.65. The lowest BCUT2D eigenvalue weighted by Gasteiger charge is -2.20. The predicted molar refractivity (Wildman–Crippen MR) is 104 cm³/mol. The first-order chi connectivity index (χ1) is 14.1. The molecule has 0 radical (unpaired) electrons. The predicted octanol–water partition coefficient (Wildman–Crippen LogP) is 3.27. The van der Waals surface area contributed by atoms with Crippen LogP contribution in [0.15, 0.2) is 42.6 Å². The molecule has 1 N–H and O–H groups in total. The van der Waals surface area contributed by atoms with Crippen LogP contribution in [0.3, 0.4) is 0 Å². The van der Waals surface area contributed by atoms with Crippen molar-refractivity contribution in [3.05, 3.63) is 59.5 Å². The molecule has 0 saturated carbocycles. The minimum atomic E-state index is -0.467. The topological polar surface area (TPSA) is 76.7 Å². The highest BCUT2D eigenvalue weighted by Gasteiger charge is 2.21. The fourth-order valence-corrected chi connectivity index (χ4v) is 3.23. The summed E-state index contributed by atoms with van der Waals surface area (Å²) >= 11 is 0. The quantitative estimate of drug-likeness (QED) is 0.715. The van der Waals surface area contributed by atoms with Crippen molar-refractivity contribution in [2.45, 2.75) is 6.54 Å². The first-order valence-electron chi connectivity index (χ1n) is 9.08. The van der Waals surface area contributed by atoms with Crippen LogP contribution in [0.1, 0.15) is 15.9 Å². The Hall–Kier alpha value is -3.55. The minimum absolute atomic E-state index is 0.165. The summed E-state index contributed by atoms with van der Waals surface area (Å²) < 4.78 is 30.0. The molecule has 7 nitrogen and oxygen atoms in total. The van der Waals surface area contributed by atoms with E-state index in [0.717, 1.165) is 5.56 Å². The first-order valence-corrected chi connectivity index (χ1v) is 9.08. The molecule has 1 amide bonds. The van der Waals surface area contributed by atoms with Crippen molar-refractivity contribution >= 4 is 5.91 Å². The molecule has 0 aliphatic carbocycles. The molecule has 0 atom stereocenters. The molecule has 2 heterocycles. The zero-order valence-electron chi connectivity index (χ0n) is 16.1. The molecule has 1 aliphatic rings. The maximum Gasteiger partial charge on any atom is 0.257 e. The molecule has 0 unspecified atom stereocenters. The van der Waals surface area contributed by atoms with Gasteiger partial charge in [0.05, 0.1) is 24.6 Å². The lowest BCUT2D eigenvalue weighted by Crippen LogP contribution is -2.26. The van der Waals surface area contributed by atoms with Crippen LogP contribution in [0.2, 0.25) is 0 Å². The van der Waals surface area contributed by atoms with E-state index in [1.54, 1.807) is 19.2 Å². The molecule has 29 heavy (non-hydrogen) atoms. The minimum Gasteiger partial charge on any atom is -0.494 e. The highest BCUT2D eigenvalue weighted by Crippen LogP contribution is 2.35. The number of methoxy groups -OCH3 is 1. The van der Waals surface area contributed by atoms with Gasteiger partial charge in [-0.25, -0.2) is 4.39 Å². The Kier molecular flexibility index (Phi) is 5.07. The van der Waals surface area contributed by atoms with Crippen LogP contribution >= 0.6 is 0 Å². The summed E-state index contributed by atoms with van der Waals surface area (Å²) in [7, 11) is 3.07. The smallest absolute Gasteiger partial charge is 0.257 e. The van der Waals surface area contributed by atoms with E-state index in [4.69, 9.17) is 14.2 Å². The van der Waals surface area contributed by atoms with Crippen LogP contribution in [0.5, 0.6) is 17.2 Å². The molecule has 150 valence electrons. The Balaban J connectivity index is 1.56. The summed E-state index contributed by atoms with van der Waals surface area (Å²) in [5.41, 5.74) is 2.42. The Bertz CT molecular complexity index is 1050. The van der Waals surface area contributed by atoms with E-state index < -0.39 is 5.82 Å². The van der Waals surface area contributed by atoms with Gasteiger partial charge in [0.15, 0.2) is 23.1 Å². The number of ether oxygens (including phenoxy) is 3. The average molecular weight is 397 g/mol. The van der Waals surface area contributed by atoms with Crippen LogP contribution in [-0.4, -0.2) is 48.4 Å². The van der Waals surface area contributed by atoms with E-state index in [1.165, 1.54) is 24.3 Å². The number of aromatic amines is 1. The summed E-state index contributed by atoms with van der Waals surface area (Å²) in [6.45, 7) is 1.23. The van der Waals surface area contributed by atoms with Gasteiger partial charge in [-0.1, -0.05) is 6.07 Å². The third kappa shape index (κ3) is 3.73. The van der Waals surface area contributed by atoms with Crippen molar-refractivity contribution < 1.29 is 23.4 Å². The summed E-state index contributed by atoms with van der Waals surface area (Å²) in [4.78, 5) is 14.5. The van der Waals surface area contributed by atoms with E-state index >= 15 is 0 Å². The van der Waals surface area contributed by atoms with Gasteiger partial charge in [-0.3, -0.25) is 9.89 Å². The highest BCUT2D eigenvalue weighted by atomic mass is 19.1. The van der Waals surface area contributed by atoms with Crippen LogP contribution < -0.4 is 14.2 Å². The highest BCUT2D eigenvalue weighted by molar-refractivity contribution is 5.99. The van der Waals surface area contributed by atoms with Crippen LogP contribution in [0.4, 0.5) is 4.39 Å². The van der Waals surface area contributed by atoms with E-state index in [1.807, 2.05) is 18.2 Å². The van der Waals surface area contributed by atoms with Crippen molar-refractivity contribution in [1.29, 1.82) is 0 Å². The van der Waals surface area contributed by atoms with Crippen molar-refractivity contribution in [1.82, 2.24) is 15.1 Å². The van der Waals surface area contributed by atoms with Gasteiger partial charge in [-0.15, -0.1) is 0 Å². The van der Waals surface area contributed by atoms with Crippen LogP contribution in [-0.2, 0) is 6.54 Å². The summed E-state index contributed by atoms with van der Waals surface area (Å²) in [6.07, 6.45) is 1.49. The second-order valence-electron chi connectivity index (χ2n) is 6.65. The number of amides is 1. The van der Waals surface area contributed by atoms with E-state index in [0.29, 0.717) is 41.5 Å². The molecule has 4 rings (SSSR count). The van der Waals surface area contributed by atoms with Crippen molar-refractivity contribution in [3.63, 3.8) is 0 Å². The third-order valence-electron chi connectivity index (χ3n) is 4.68. The van der Waals surface area contributed by atoms with Crippen molar-refractivity contribution in [3.8, 4) is 28.5 Å². The zero-order chi connectivity index (χ0) is 20.4. The van der Waals surface area contributed by atoms with Crippen molar-refractivity contribution in [2.24, 2.45) is 0 Å². The number of hydrogen-bond acceptors (Lipinski definition) is 5. The first kappa shape index (κ1) is 18.8. The molecule has 0 saturated heterocycles. The number of carbonyl (C=O) groups is 1. The summed E-state index contributed by atoms with van der Waals surface area (Å²) in [6, 6.07) is 10.1. The fourth-order valence-electron chi connectivity index (χ4n) is 3.23. The molecule has 1 aliphatic heterocycles. The number of benzene rings is 2. The SMILES string of the molecule is COc1ccc(CN(C)C(=O)c2cn[nH]c2-c2ccc3c(c2)OCCO3)cc1F.